The Kier molecular flexibility index (Phi) is 34.3. The van der Waals surface area contributed by atoms with E-state index in [1.807, 2.05) is 41.5 Å². The molecule has 20 aliphatic carbocycles. The predicted octanol–water partition coefficient (Wildman–Crippen LogP) is 17.7. The van der Waals surface area contributed by atoms with E-state index >= 15 is 0 Å². The van der Waals surface area contributed by atoms with E-state index in [0.29, 0.717) is 109 Å². The van der Waals surface area contributed by atoms with Crippen molar-refractivity contribution in [2.75, 3.05) is 26.4 Å². The fourth-order valence-corrected chi connectivity index (χ4v) is 31.8. The molecule has 22 rings (SSSR count). The zero-order valence-electron chi connectivity index (χ0n) is 82.5. The number of esters is 10. The van der Waals surface area contributed by atoms with Gasteiger partial charge in [-0.05, 0) is 327 Å². The molecule has 0 aromatic rings. The van der Waals surface area contributed by atoms with Crippen LogP contribution in [0.3, 0.4) is 0 Å². The van der Waals surface area contributed by atoms with Gasteiger partial charge in [0.25, 0.3) is 20.2 Å². The first kappa shape index (κ1) is 110. The Morgan fingerprint density at radius 3 is 1.05 bits per heavy atom. The molecule has 137 heavy (non-hydrogen) atoms. The highest BCUT2D eigenvalue weighted by atomic mass is 32.2. The van der Waals surface area contributed by atoms with Gasteiger partial charge >= 0.3 is 65.8 Å². The van der Waals surface area contributed by atoms with Crippen LogP contribution in [0.1, 0.15) is 337 Å². The van der Waals surface area contributed by atoms with Gasteiger partial charge in [-0.25, -0.2) is 24.0 Å². The van der Waals surface area contributed by atoms with Crippen LogP contribution in [0.25, 0.3) is 0 Å². The summed E-state index contributed by atoms with van der Waals surface area (Å²) in [6.45, 7) is 42.2. The molecule has 0 spiro atoms. The van der Waals surface area contributed by atoms with Crippen LogP contribution in [0.2, 0.25) is 0 Å². The van der Waals surface area contributed by atoms with Gasteiger partial charge in [-0.2, -0.15) is 16.8 Å². The summed E-state index contributed by atoms with van der Waals surface area (Å²) < 4.78 is 123. The summed E-state index contributed by atoms with van der Waals surface area (Å²) in [5.74, 6) is 3.80. The second-order valence-corrected chi connectivity index (χ2v) is 49.8. The van der Waals surface area contributed by atoms with Crippen molar-refractivity contribution in [2.45, 2.75) is 411 Å². The molecule has 20 bridgehead atoms. The molecular weight excluding hydrogens is 1810 g/mol. The van der Waals surface area contributed by atoms with Crippen molar-refractivity contribution in [1.82, 2.24) is 0 Å². The Labute approximate surface area is 813 Å². The quantitative estimate of drug-likeness (QED) is 0.0239. The average Bonchev–Trinajstić information content (AvgIpc) is 1.46. The van der Waals surface area contributed by atoms with Gasteiger partial charge < -0.3 is 61.9 Å². The molecule has 32 heteroatoms. The van der Waals surface area contributed by atoms with Gasteiger partial charge in [0.2, 0.25) is 0 Å². The average molecular weight is 1970 g/mol. The molecule has 0 amide bonds. The van der Waals surface area contributed by atoms with Crippen molar-refractivity contribution >= 4 is 86.1 Å². The normalized spacial score (nSPS) is 37.5. The van der Waals surface area contributed by atoms with E-state index in [1.54, 1.807) is 34.6 Å². The molecule has 0 aromatic carbocycles. The molecular formula is C105H160O30S2. The molecule has 20 saturated carbocycles. The highest BCUT2D eigenvalue weighted by Gasteiger charge is 2.69. The van der Waals surface area contributed by atoms with E-state index in [0.717, 1.165) is 101 Å². The molecule has 2 saturated heterocycles. The van der Waals surface area contributed by atoms with Gasteiger partial charge in [-0.1, -0.05) is 68.9 Å². The van der Waals surface area contributed by atoms with Crippen molar-refractivity contribution in [2.24, 2.45) is 106 Å². The predicted molar refractivity (Wildman–Crippen MR) is 505 cm³/mol. The lowest BCUT2D eigenvalue weighted by Gasteiger charge is -2.60. The Morgan fingerprint density at radius 2 is 0.693 bits per heavy atom. The third-order valence-corrected chi connectivity index (χ3v) is 37.4. The van der Waals surface area contributed by atoms with Gasteiger partial charge in [0, 0.05) is 58.8 Å². The van der Waals surface area contributed by atoms with Crippen LogP contribution in [0.5, 0.6) is 0 Å². The monoisotopic (exact) mass is 1970 g/mol. The molecule has 772 valence electrons. The SMILES string of the molecule is C.C.C=C(C)C(=O)OC1(CC)C2CC3CC(C2)CC1C3.C=C(C)C(=O)OC12CC3CC(CC(O)(C3)C1)C2.C=C(C)C(=O)OC12CC3CC(CC(OC(=O)OC(C)(C)C)(C3)C1)C2.C=C(C)C(=O)OCCOC(=O)CCC(=O)OC1C2CC3C1OS(=O)(=O)C3C2.CCC(C)(C)C(=O)OC1(CC)C2CC3CC(C2)CC1C3.CCC(C)(C)C(=O)OCCOC(=O)CCC(=O)OC1C2CC3C1OS(=O)(=O)C3C2. The number of rotatable bonds is 29. The minimum absolute atomic E-state index is 0. The summed E-state index contributed by atoms with van der Waals surface area (Å²) in [6, 6.07) is 0. The van der Waals surface area contributed by atoms with Crippen molar-refractivity contribution in [3.63, 3.8) is 0 Å². The van der Waals surface area contributed by atoms with E-state index in [9.17, 15) is 74.7 Å². The molecule has 22 aliphatic rings. The van der Waals surface area contributed by atoms with Gasteiger partial charge in [-0.3, -0.25) is 37.1 Å². The Morgan fingerprint density at radius 1 is 0.372 bits per heavy atom. The summed E-state index contributed by atoms with van der Waals surface area (Å²) in [7, 11) is -7.11. The molecule has 0 aromatic heterocycles. The third-order valence-electron chi connectivity index (χ3n) is 33.8. The molecule has 2 aliphatic heterocycles. The summed E-state index contributed by atoms with van der Waals surface area (Å²) in [5, 5.41) is 9.56. The van der Waals surface area contributed by atoms with E-state index in [4.69, 9.17) is 65.2 Å². The number of aliphatic hydroxyl groups is 1. The Hall–Kier alpha value is -7.29. The van der Waals surface area contributed by atoms with Crippen molar-refractivity contribution < 1.29 is 140 Å². The van der Waals surface area contributed by atoms with Crippen LogP contribution in [0.4, 0.5) is 4.79 Å². The van der Waals surface area contributed by atoms with Crippen LogP contribution >= 0.6 is 0 Å². The van der Waals surface area contributed by atoms with E-state index in [1.165, 1.54) is 77.6 Å². The molecule has 14 atom stereocenters. The number of carbonyl (C=O) groups is 11. The van der Waals surface area contributed by atoms with Crippen molar-refractivity contribution in [3.05, 3.63) is 48.6 Å². The first-order valence-corrected chi connectivity index (χ1v) is 53.1. The van der Waals surface area contributed by atoms with Crippen LogP contribution in [-0.4, -0.2) is 188 Å². The summed E-state index contributed by atoms with van der Waals surface area (Å²) in [6.07, 6.45) is 25.9. The summed E-state index contributed by atoms with van der Waals surface area (Å²) in [5.41, 5.74) is -2.18. The zero-order chi connectivity index (χ0) is 98.6. The number of fused-ring (bicyclic) bond motifs is 2. The third kappa shape index (κ3) is 24.8. The smallest absolute Gasteiger partial charge is 0.462 e. The topological polar surface area (TPSA) is 406 Å². The summed E-state index contributed by atoms with van der Waals surface area (Å²) >= 11 is 0. The fourth-order valence-electron chi connectivity index (χ4n) is 28.0. The molecule has 22 fully saturated rings. The maximum Gasteiger partial charge on any atom is 0.509 e. The minimum Gasteiger partial charge on any atom is -0.462 e. The van der Waals surface area contributed by atoms with Gasteiger partial charge in [0.15, 0.2) is 0 Å². The fraction of sp³-hybridized carbons (Fsp3) is 0.819. The maximum absolute atomic E-state index is 12.6. The van der Waals surface area contributed by atoms with Gasteiger partial charge in [0.1, 0.15) is 84.4 Å². The Bertz CT molecular complexity index is 4670. The van der Waals surface area contributed by atoms with Crippen molar-refractivity contribution in [1.29, 1.82) is 0 Å². The van der Waals surface area contributed by atoms with Gasteiger partial charge in [0.05, 0.1) is 52.6 Å². The van der Waals surface area contributed by atoms with Gasteiger partial charge in [-0.15, -0.1) is 0 Å². The van der Waals surface area contributed by atoms with Crippen molar-refractivity contribution in [3.8, 4) is 0 Å². The second kappa shape index (κ2) is 42.7. The lowest BCUT2D eigenvalue weighted by Crippen LogP contribution is -2.62. The first-order chi connectivity index (χ1) is 63.1. The van der Waals surface area contributed by atoms with Crippen LogP contribution in [0, 0.1) is 106 Å². The second-order valence-electron chi connectivity index (χ2n) is 46.2. The first-order valence-electron chi connectivity index (χ1n) is 50.2. The summed E-state index contributed by atoms with van der Waals surface area (Å²) in [4.78, 5) is 131. The maximum atomic E-state index is 12.6. The number of ether oxygens (including phenoxy) is 12. The molecule has 14 unspecified atom stereocenters. The van der Waals surface area contributed by atoms with E-state index in [2.05, 4.69) is 47.1 Å². The van der Waals surface area contributed by atoms with Crippen LogP contribution in [-0.2, 0) is 133 Å². The minimum atomic E-state index is -3.56. The van der Waals surface area contributed by atoms with E-state index < -0.39 is 125 Å². The molecule has 0 radical (unpaired) electrons. The van der Waals surface area contributed by atoms with Crippen LogP contribution in [0.15, 0.2) is 48.6 Å². The molecule has 30 nitrogen and oxygen atoms in total. The molecule has 1 N–H and O–H groups in total. The largest absolute Gasteiger partial charge is 0.509 e. The zero-order valence-corrected chi connectivity index (χ0v) is 84.1. The number of carbonyl (C=O) groups excluding carboxylic acids is 11. The Balaban J connectivity index is 0.000000159. The van der Waals surface area contributed by atoms with Crippen LogP contribution < -0.4 is 0 Å². The molecule has 2 heterocycles. The van der Waals surface area contributed by atoms with E-state index in [-0.39, 0.29) is 143 Å². The highest BCUT2D eigenvalue weighted by Crippen LogP contribution is 2.66. The lowest BCUT2D eigenvalue weighted by atomic mass is 9.49. The standard InChI is InChI=1S/C19H28O9S.C19H28O5.C18H30O2.C17H22O9S.C16H24O2.C14H20O3.2CH4/c1-4-19(2,3)18(22)26-8-7-25-14(20)5-6-15(21)27-16-11-9-12-13(10-11)29(23,24)28-17(12)16;1-12(2)15(20)22-18-7-13-6-14(8-18)10-19(9-13,11-18)24-16(21)23-17(3,4)5;1-5-17(3,4)16(19)20-18(6-2)14-8-12-7-13(10-14)11-15(18)9-12;1-9(2)17(20)24-6-5-23-13(18)3-4-14(19)25-15-10-7-11-12(8-10)27(21,22)26-16(11)15;1-4-16(18-15(17)10(2)3)13-6-11-5-12(8-13)9-14(16)7-11;1-9(2)12(15)17-14-6-10-3-11(7-14)5-13(16,4-10)8-14;;/h11-13,16-17H,4-10H2,1-3H3;13-14H,1,6-11H2,2-5H3;12-15H,5-11H2,1-4H3;10-12,15-16H,1,3-8H2,2H3;11-14H,2,4-9H2,1,3H3;10-11,16H,1,3-8H2,2H3;2*1H4. The number of hydrogen-bond donors (Lipinski definition) is 1. The highest BCUT2D eigenvalue weighted by molar-refractivity contribution is 7.88. The lowest BCUT2D eigenvalue weighted by molar-refractivity contribution is -0.223. The number of hydrogen-bond acceptors (Lipinski definition) is 30.